The van der Waals surface area contributed by atoms with Crippen molar-refractivity contribution in [2.45, 2.75) is 84.3 Å². The molecule has 8 heteroatoms. The zero-order valence-electron chi connectivity index (χ0n) is 19.4. The number of amides is 1. The van der Waals surface area contributed by atoms with Gasteiger partial charge in [0, 0.05) is 43.3 Å². The number of rotatable bonds is 8. The molecule has 0 aromatic carbocycles. The highest BCUT2D eigenvalue weighted by Crippen LogP contribution is 2.25. The summed E-state index contributed by atoms with van der Waals surface area (Å²) in [5, 5.41) is 3.11. The van der Waals surface area contributed by atoms with Gasteiger partial charge in [-0.3, -0.25) is 4.79 Å². The zero-order valence-corrected chi connectivity index (χ0v) is 20.2. The topological polar surface area (TPSA) is 82.6 Å². The van der Waals surface area contributed by atoms with E-state index in [9.17, 15) is 13.2 Å². The van der Waals surface area contributed by atoms with E-state index in [1.165, 1.54) is 10.5 Å². The van der Waals surface area contributed by atoms with Crippen LogP contribution in [0.1, 0.15) is 61.3 Å². The van der Waals surface area contributed by atoms with Crippen LogP contribution < -0.4 is 10.2 Å². The predicted molar refractivity (Wildman–Crippen MR) is 121 cm³/mol. The summed E-state index contributed by atoms with van der Waals surface area (Å²) < 4.78 is 27.5. The Labute approximate surface area is 182 Å². The molecule has 1 atom stereocenters. The van der Waals surface area contributed by atoms with Gasteiger partial charge in [0.25, 0.3) is 0 Å². The van der Waals surface area contributed by atoms with Crippen LogP contribution in [-0.2, 0) is 14.8 Å². The number of aromatic nitrogens is 1. The lowest BCUT2D eigenvalue weighted by atomic mass is 9.95. The van der Waals surface area contributed by atoms with Gasteiger partial charge in [-0.2, -0.15) is 4.31 Å². The first-order valence-corrected chi connectivity index (χ1v) is 12.4. The summed E-state index contributed by atoms with van der Waals surface area (Å²) in [6.07, 6.45) is 2.99. The summed E-state index contributed by atoms with van der Waals surface area (Å²) in [4.78, 5) is 19.2. The van der Waals surface area contributed by atoms with Crippen LogP contribution in [0, 0.1) is 11.8 Å². The van der Waals surface area contributed by atoms with Gasteiger partial charge in [0.1, 0.15) is 10.7 Å². The minimum absolute atomic E-state index is 0.0211. The number of anilines is 1. The molecule has 1 aliphatic heterocycles. The lowest BCUT2D eigenvalue weighted by Gasteiger charge is -2.33. The molecule has 2 heterocycles. The maximum Gasteiger partial charge on any atom is 0.245 e. The Kier molecular flexibility index (Phi) is 8.27. The molecule has 1 aromatic heterocycles. The fourth-order valence-corrected chi connectivity index (χ4v) is 5.64. The summed E-state index contributed by atoms with van der Waals surface area (Å²) in [5.74, 6) is 1.32. The van der Waals surface area contributed by atoms with Crippen molar-refractivity contribution in [3.63, 3.8) is 0 Å². The van der Waals surface area contributed by atoms with Crippen molar-refractivity contribution in [3.8, 4) is 0 Å². The van der Waals surface area contributed by atoms with E-state index in [2.05, 4.69) is 29.0 Å². The number of nitrogens with zero attached hydrogens (tertiary/aromatic N) is 3. The standard InChI is InChI=1S/C22H38N4O3S/c1-15(2)18(7)24-22(27)19-10-12-25(13-11-19)21-9-8-20(14-23-21)30(28,29)26(16(3)4)17(5)6/h8-9,14-19H,10-13H2,1-7H3,(H,24,27). The number of carbonyl (C=O) groups excluding carboxylic acids is 1. The van der Waals surface area contributed by atoms with E-state index < -0.39 is 10.0 Å². The van der Waals surface area contributed by atoms with Gasteiger partial charge >= 0.3 is 0 Å². The lowest BCUT2D eigenvalue weighted by Crippen LogP contribution is -2.44. The van der Waals surface area contributed by atoms with E-state index in [1.807, 2.05) is 34.6 Å². The number of sulfonamides is 1. The van der Waals surface area contributed by atoms with Crippen LogP contribution in [0.3, 0.4) is 0 Å². The third-order valence-electron chi connectivity index (χ3n) is 5.87. The summed E-state index contributed by atoms with van der Waals surface area (Å²) in [6, 6.07) is 3.32. The minimum Gasteiger partial charge on any atom is -0.357 e. The number of piperidine rings is 1. The van der Waals surface area contributed by atoms with Crippen LogP contribution in [0.15, 0.2) is 23.2 Å². The van der Waals surface area contributed by atoms with Gasteiger partial charge in [-0.05, 0) is 65.5 Å². The Hall–Kier alpha value is -1.67. The van der Waals surface area contributed by atoms with Crippen molar-refractivity contribution in [2.75, 3.05) is 18.0 Å². The van der Waals surface area contributed by atoms with E-state index in [1.54, 1.807) is 12.1 Å². The lowest BCUT2D eigenvalue weighted by molar-refractivity contribution is -0.126. The highest BCUT2D eigenvalue weighted by atomic mass is 32.2. The van der Waals surface area contributed by atoms with Crippen LogP contribution in [0.2, 0.25) is 0 Å². The molecule has 0 aliphatic carbocycles. The summed E-state index contributed by atoms with van der Waals surface area (Å²) >= 11 is 0. The predicted octanol–water partition coefficient (Wildman–Crippen LogP) is 3.27. The molecule has 0 saturated carbocycles. The van der Waals surface area contributed by atoms with Gasteiger partial charge in [-0.1, -0.05) is 13.8 Å². The maximum absolute atomic E-state index is 13.0. The van der Waals surface area contributed by atoms with Crippen molar-refractivity contribution in [1.29, 1.82) is 0 Å². The largest absolute Gasteiger partial charge is 0.357 e. The Morgan fingerprint density at radius 1 is 1.07 bits per heavy atom. The second kappa shape index (κ2) is 10.1. The molecule has 0 radical (unpaired) electrons. The number of carbonyl (C=O) groups is 1. The van der Waals surface area contributed by atoms with Crippen LogP contribution in [0.4, 0.5) is 5.82 Å². The molecule has 1 amide bonds. The third-order valence-corrected chi connectivity index (χ3v) is 8.11. The zero-order chi connectivity index (χ0) is 22.6. The molecule has 0 spiro atoms. The van der Waals surface area contributed by atoms with E-state index >= 15 is 0 Å². The SMILES string of the molecule is CC(C)C(C)NC(=O)C1CCN(c2ccc(S(=O)(=O)N(C(C)C)C(C)C)cn2)CC1. The molecule has 7 nitrogen and oxygen atoms in total. The molecule has 2 rings (SSSR count). The van der Waals surface area contributed by atoms with Gasteiger partial charge in [-0.25, -0.2) is 13.4 Å². The fraction of sp³-hybridized carbons (Fsp3) is 0.727. The number of hydrogen-bond acceptors (Lipinski definition) is 5. The first-order chi connectivity index (χ1) is 13.9. The van der Waals surface area contributed by atoms with Gasteiger partial charge in [0.2, 0.25) is 15.9 Å². The van der Waals surface area contributed by atoms with E-state index in [0.717, 1.165) is 31.7 Å². The number of nitrogens with one attached hydrogen (secondary N) is 1. The molecule has 0 bridgehead atoms. The Morgan fingerprint density at radius 3 is 2.07 bits per heavy atom. The first-order valence-electron chi connectivity index (χ1n) is 11.0. The van der Waals surface area contributed by atoms with Crippen molar-refractivity contribution < 1.29 is 13.2 Å². The highest BCUT2D eigenvalue weighted by molar-refractivity contribution is 7.89. The molecule has 1 aliphatic rings. The maximum atomic E-state index is 13.0. The fourth-order valence-electron chi connectivity index (χ4n) is 3.86. The van der Waals surface area contributed by atoms with E-state index in [4.69, 9.17) is 0 Å². The summed E-state index contributed by atoms with van der Waals surface area (Å²) in [5.41, 5.74) is 0. The van der Waals surface area contributed by atoms with Crippen molar-refractivity contribution in [2.24, 2.45) is 11.8 Å². The third kappa shape index (κ3) is 5.72. The Balaban J connectivity index is 2.02. The number of hydrogen-bond donors (Lipinski definition) is 1. The molecule has 30 heavy (non-hydrogen) atoms. The molecule has 1 N–H and O–H groups in total. The molecule has 1 saturated heterocycles. The second-order valence-corrected chi connectivity index (χ2v) is 11.0. The average molecular weight is 439 g/mol. The van der Waals surface area contributed by atoms with Gasteiger partial charge in [0.05, 0.1) is 0 Å². The smallest absolute Gasteiger partial charge is 0.245 e. The molecular formula is C22H38N4O3S. The average Bonchev–Trinajstić information content (AvgIpc) is 2.67. The quantitative estimate of drug-likeness (QED) is 0.674. The van der Waals surface area contributed by atoms with E-state index in [0.29, 0.717) is 5.92 Å². The normalized spacial score (nSPS) is 17.2. The van der Waals surface area contributed by atoms with Gasteiger partial charge in [-0.15, -0.1) is 0 Å². The number of pyridine rings is 1. The van der Waals surface area contributed by atoms with Crippen molar-refractivity contribution in [1.82, 2.24) is 14.6 Å². The van der Waals surface area contributed by atoms with Crippen LogP contribution in [0.5, 0.6) is 0 Å². The second-order valence-electron chi connectivity index (χ2n) is 9.18. The molecule has 1 aromatic rings. The summed E-state index contributed by atoms with van der Waals surface area (Å²) in [6.45, 7) is 15.2. The molecule has 1 unspecified atom stereocenters. The van der Waals surface area contributed by atoms with Crippen LogP contribution in [-0.4, -0.2) is 54.8 Å². The highest BCUT2D eigenvalue weighted by Gasteiger charge is 2.30. The minimum atomic E-state index is -3.59. The van der Waals surface area contributed by atoms with Crippen molar-refractivity contribution in [3.05, 3.63) is 18.3 Å². The Morgan fingerprint density at radius 2 is 1.63 bits per heavy atom. The molecule has 170 valence electrons. The van der Waals surface area contributed by atoms with Gasteiger partial charge < -0.3 is 10.2 Å². The van der Waals surface area contributed by atoms with E-state index in [-0.39, 0.29) is 34.8 Å². The monoisotopic (exact) mass is 438 g/mol. The van der Waals surface area contributed by atoms with Crippen molar-refractivity contribution >= 4 is 21.7 Å². The Bertz CT molecular complexity index is 790. The first kappa shape index (κ1) is 24.6. The summed E-state index contributed by atoms with van der Waals surface area (Å²) in [7, 11) is -3.59. The molecule has 1 fully saturated rings. The van der Waals surface area contributed by atoms with Gasteiger partial charge in [0.15, 0.2) is 0 Å². The van der Waals surface area contributed by atoms with Crippen LogP contribution in [0.25, 0.3) is 0 Å². The van der Waals surface area contributed by atoms with Crippen LogP contribution >= 0.6 is 0 Å². The molecular weight excluding hydrogens is 400 g/mol.